The molecule has 0 radical (unpaired) electrons. The molecule has 0 N–H and O–H groups in total. The third-order valence-corrected chi connectivity index (χ3v) is 1.66. The van der Waals surface area contributed by atoms with Crippen molar-refractivity contribution in [2.75, 3.05) is 0 Å². The molecule has 0 atom stereocenters. The summed E-state index contributed by atoms with van der Waals surface area (Å²) in [6.07, 6.45) is 0. The molecular formula is C12H11Cl2OZr-. The van der Waals surface area contributed by atoms with Gasteiger partial charge in [-0.3, -0.25) is 0 Å². The first-order chi connectivity index (χ1) is 6.45. The molecule has 0 saturated heterocycles. The van der Waals surface area contributed by atoms with Crippen molar-refractivity contribution in [2.24, 2.45) is 0 Å². The van der Waals surface area contributed by atoms with Crippen LogP contribution in [0.3, 0.4) is 0 Å². The van der Waals surface area contributed by atoms with Gasteiger partial charge in [-0.1, -0.05) is 18.2 Å². The monoisotopic (exact) mass is 331 g/mol. The Kier molecular flexibility index (Phi) is 11.2. The largest absolute Gasteiger partial charge is 0.517 e. The molecule has 0 saturated carbocycles. The Bertz CT molecular complexity index is 330. The zero-order valence-corrected chi connectivity index (χ0v) is 12.5. The van der Waals surface area contributed by atoms with E-state index in [0.717, 1.165) is 11.5 Å². The number of hydrogen-bond donors (Lipinski definition) is 0. The van der Waals surface area contributed by atoms with Crippen LogP contribution in [-0.4, -0.2) is 0 Å². The van der Waals surface area contributed by atoms with E-state index in [2.05, 4.69) is 6.07 Å². The van der Waals surface area contributed by atoms with Gasteiger partial charge in [-0.15, -0.1) is 36.9 Å². The van der Waals surface area contributed by atoms with Crippen LogP contribution in [0.15, 0.2) is 54.6 Å². The second-order valence-electron chi connectivity index (χ2n) is 2.65. The molecule has 0 bridgehead atoms. The van der Waals surface area contributed by atoms with Gasteiger partial charge in [-0.2, -0.15) is 18.2 Å². The first-order valence-electron chi connectivity index (χ1n) is 4.14. The summed E-state index contributed by atoms with van der Waals surface area (Å²) in [4.78, 5) is 0. The van der Waals surface area contributed by atoms with Gasteiger partial charge in [-0.05, 0) is 12.1 Å². The van der Waals surface area contributed by atoms with Gasteiger partial charge >= 0.3 is 0 Å². The Hall–Kier alpha value is -0.297. The summed E-state index contributed by atoms with van der Waals surface area (Å²) in [6, 6.07) is 20.1. The molecule has 0 aromatic heterocycles. The third-order valence-electron chi connectivity index (χ3n) is 1.66. The first-order valence-corrected chi connectivity index (χ1v) is 4.14. The Morgan fingerprint density at radius 2 is 1.44 bits per heavy atom. The van der Waals surface area contributed by atoms with Crippen molar-refractivity contribution >= 4 is 24.8 Å². The predicted octanol–water partition coefficient (Wildman–Crippen LogP) is 4.12. The molecule has 2 aromatic rings. The van der Waals surface area contributed by atoms with Gasteiger partial charge in [0.15, 0.2) is 0 Å². The molecule has 16 heavy (non-hydrogen) atoms. The van der Waals surface area contributed by atoms with E-state index in [4.69, 9.17) is 4.74 Å². The zero-order chi connectivity index (χ0) is 8.93. The van der Waals surface area contributed by atoms with Crippen molar-refractivity contribution in [3.63, 3.8) is 0 Å². The molecular weight excluding hydrogens is 322 g/mol. The first kappa shape index (κ1) is 18.1. The standard InChI is InChI=1S/C12H9O.2ClH.Zr/c1-3-7-11(8-4-1)13-12-9-5-2-6-10-12;;;/h1-5,7-10H;2*1H;/q-1;;;. The Labute approximate surface area is 127 Å². The molecule has 0 amide bonds. The molecule has 0 aliphatic heterocycles. The Morgan fingerprint density at radius 1 is 0.812 bits per heavy atom. The van der Waals surface area contributed by atoms with Gasteiger partial charge in [0.2, 0.25) is 0 Å². The van der Waals surface area contributed by atoms with Gasteiger partial charge in [0.25, 0.3) is 0 Å². The quantitative estimate of drug-likeness (QED) is 0.751. The van der Waals surface area contributed by atoms with Gasteiger partial charge in [0, 0.05) is 32.0 Å². The Balaban J connectivity index is 0. The van der Waals surface area contributed by atoms with Crippen LogP contribution >= 0.6 is 24.8 Å². The van der Waals surface area contributed by atoms with E-state index in [1.54, 1.807) is 0 Å². The average molecular weight is 333 g/mol. The molecule has 0 aliphatic rings. The second kappa shape index (κ2) is 9.90. The molecule has 0 spiro atoms. The van der Waals surface area contributed by atoms with Crippen LogP contribution in [0.5, 0.6) is 11.5 Å². The number of ether oxygens (including phenoxy) is 1. The number of hydrogen-bond acceptors (Lipinski definition) is 1. The van der Waals surface area contributed by atoms with Crippen molar-refractivity contribution in [2.45, 2.75) is 0 Å². The maximum atomic E-state index is 5.55. The van der Waals surface area contributed by atoms with E-state index in [1.807, 2.05) is 54.6 Å². The molecule has 1 nitrogen and oxygen atoms in total. The molecule has 0 heterocycles. The van der Waals surface area contributed by atoms with E-state index < -0.39 is 0 Å². The molecule has 2 aromatic carbocycles. The fourth-order valence-corrected chi connectivity index (χ4v) is 1.06. The molecule has 4 heteroatoms. The summed E-state index contributed by atoms with van der Waals surface area (Å²) in [5.41, 5.74) is 0. The van der Waals surface area contributed by atoms with Crippen LogP contribution in [0.4, 0.5) is 0 Å². The molecule has 2 rings (SSSR count). The van der Waals surface area contributed by atoms with E-state index in [9.17, 15) is 0 Å². The normalized spacial score (nSPS) is 7.75. The van der Waals surface area contributed by atoms with E-state index >= 15 is 0 Å². The van der Waals surface area contributed by atoms with Gasteiger partial charge in [-0.25, -0.2) is 0 Å². The number of para-hydroxylation sites is 1. The fraction of sp³-hybridized carbons (Fsp3) is 0. The maximum absolute atomic E-state index is 5.55. The van der Waals surface area contributed by atoms with Crippen LogP contribution < -0.4 is 4.74 Å². The van der Waals surface area contributed by atoms with Crippen molar-refractivity contribution in [1.29, 1.82) is 0 Å². The minimum Gasteiger partial charge on any atom is -0.517 e. The minimum absolute atomic E-state index is 0. The number of benzene rings is 2. The Morgan fingerprint density at radius 3 is 2.00 bits per heavy atom. The van der Waals surface area contributed by atoms with Crippen molar-refractivity contribution in [3.8, 4) is 11.5 Å². The third kappa shape index (κ3) is 5.70. The average Bonchev–Trinajstić information content (AvgIpc) is 2.21. The SMILES string of the molecule is Cl.Cl.[Zr].[c-]1cccc(Oc2ccccc2)c1. The fourth-order valence-electron chi connectivity index (χ4n) is 1.06. The molecule has 0 aliphatic carbocycles. The van der Waals surface area contributed by atoms with Gasteiger partial charge in [0.1, 0.15) is 5.75 Å². The van der Waals surface area contributed by atoms with E-state index in [-0.39, 0.29) is 51.0 Å². The molecule has 84 valence electrons. The number of halogens is 2. The van der Waals surface area contributed by atoms with Crippen molar-refractivity contribution in [3.05, 3.63) is 60.7 Å². The van der Waals surface area contributed by atoms with Gasteiger partial charge in [0.05, 0.1) is 0 Å². The molecule has 0 unspecified atom stereocenters. The van der Waals surface area contributed by atoms with Crippen LogP contribution in [0.25, 0.3) is 0 Å². The van der Waals surface area contributed by atoms with Gasteiger partial charge < -0.3 is 4.74 Å². The van der Waals surface area contributed by atoms with E-state index in [1.165, 1.54) is 0 Å². The zero-order valence-electron chi connectivity index (χ0n) is 8.42. The number of rotatable bonds is 2. The summed E-state index contributed by atoms with van der Waals surface area (Å²) < 4.78 is 5.55. The van der Waals surface area contributed by atoms with Crippen LogP contribution in [0.2, 0.25) is 0 Å². The predicted molar refractivity (Wildman–Crippen MR) is 66.3 cm³/mol. The van der Waals surface area contributed by atoms with Crippen molar-refractivity contribution < 1.29 is 30.9 Å². The second-order valence-corrected chi connectivity index (χ2v) is 2.65. The molecule has 0 fully saturated rings. The summed E-state index contributed by atoms with van der Waals surface area (Å²) in [6.45, 7) is 0. The topological polar surface area (TPSA) is 9.23 Å². The minimum atomic E-state index is 0. The van der Waals surface area contributed by atoms with E-state index in [0.29, 0.717) is 0 Å². The van der Waals surface area contributed by atoms with Crippen LogP contribution in [-0.2, 0) is 26.2 Å². The van der Waals surface area contributed by atoms with Crippen LogP contribution in [0.1, 0.15) is 0 Å². The van der Waals surface area contributed by atoms with Crippen LogP contribution in [0, 0.1) is 6.07 Å². The summed E-state index contributed by atoms with van der Waals surface area (Å²) in [7, 11) is 0. The summed E-state index contributed by atoms with van der Waals surface area (Å²) in [5, 5.41) is 0. The summed E-state index contributed by atoms with van der Waals surface area (Å²) >= 11 is 0. The summed E-state index contributed by atoms with van der Waals surface area (Å²) in [5.74, 6) is 1.66. The van der Waals surface area contributed by atoms with Crippen molar-refractivity contribution in [1.82, 2.24) is 0 Å². The maximum Gasteiger partial charge on any atom is 0.110 e. The smallest absolute Gasteiger partial charge is 0.110 e.